The third kappa shape index (κ3) is 4.44. The molecular weight excluding hydrogens is 290 g/mol. The first-order chi connectivity index (χ1) is 11.0. The summed E-state index contributed by atoms with van der Waals surface area (Å²) in [5, 5.41) is 3.07. The summed E-state index contributed by atoms with van der Waals surface area (Å²) in [6.45, 7) is 10.3. The second kappa shape index (κ2) is 7.77. The van der Waals surface area contributed by atoms with Gasteiger partial charge in [-0.2, -0.15) is 0 Å². The summed E-state index contributed by atoms with van der Waals surface area (Å²) in [5.74, 6) is 0.146. The predicted octanol–water partition coefficient (Wildman–Crippen LogP) is 1.79. The van der Waals surface area contributed by atoms with Gasteiger partial charge in [-0.1, -0.05) is 13.0 Å². The van der Waals surface area contributed by atoms with Crippen LogP contribution in [0.15, 0.2) is 23.0 Å². The van der Waals surface area contributed by atoms with E-state index >= 15 is 0 Å². The maximum atomic E-state index is 12.5. The second-order valence-corrected chi connectivity index (χ2v) is 6.80. The lowest BCUT2D eigenvalue weighted by molar-refractivity contribution is -0.133. The molecule has 0 spiro atoms. The summed E-state index contributed by atoms with van der Waals surface area (Å²) in [4.78, 5) is 26.7. The summed E-state index contributed by atoms with van der Waals surface area (Å²) in [6, 6.07) is 5.29. The van der Waals surface area contributed by atoms with E-state index < -0.39 is 0 Å². The van der Waals surface area contributed by atoms with E-state index in [9.17, 15) is 9.59 Å². The zero-order chi connectivity index (χ0) is 16.9. The lowest BCUT2D eigenvalue weighted by Gasteiger charge is -2.38. The molecule has 2 heterocycles. The summed E-state index contributed by atoms with van der Waals surface area (Å²) in [5.41, 5.74) is 0.698. The second-order valence-electron chi connectivity index (χ2n) is 6.80. The first kappa shape index (κ1) is 17.7. The van der Waals surface area contributed by atoms with Crippen LogP contribution in [0, 0.1) is 12.3 Å². The van der Waals surface area contributed by atoms with Crippen molar-refractivity contribution in [1.82, 2.24) is 14.8 Å². The van der Waals surface area contributed by atoms with E-state index in [0.29, 0.717) is 13.1 Å². The van der Waals surface area contributed by atoms with Crippen LogP contribution in [0.25, 0.3) is 0 Å². The van der Waals surface area contributed by atoms with E-state index in [1.165, 1.54) is 0 Å². The zero-order valence-electron chi connectivity index (χ0n) is 14.6. The summed E-state index contributed by atoms with van der Waals surface area (Å²) in [6.07, 6.45) is 2.80. The minimum atomic E-state index is -0.284. The van der Waals surface area contributed by atoms with Crippen molar-refractivity contribution in [3.05, 3.63) is 34.2 Å². The van der Waals surface area contributed by atoms with Gasteiger partial charge in [-0.05, 0) is 52.3 Å². The van der Waals surface area contributed by atoms with Crippen LogP contribution < -0.4 is 10.9 Å². The zero-order valence-corrected chi connectivity index (χ0v) is 14.6. The Bertz CT molecular complexity index is 596. The van der Waals surface area contributed by atoms with Crippen molar-refractivity contribution in [3.8, 4) is 0 Å². The van der Waals surface area contributed by atoms with Gasteiger partial charge in [0.05, 0.1) is 5.41 Å². The molecule has 0 radical (unpaired) electrons. The van der Waals surface area contributed by atoms with Crippen molar-refractivity contribution in [2.45, 2.75) is 46.6 Å². The first-order valence-corrected chi connectivity index (χ1v) is 8.63. The maximum Gasteiger partial charge on any atom is 0.250 e. The molecule has 0 aromatic carbocycles. The molecule has 1 aromatic rings. The lowest BCUT2D eigenvalue weighted by atomic mass is 9.81. The van der Waals surface area contributed by atoms with Crippen LogP contribution in [0.2, 0.25) is 0 Å². The standard InChI is InChI=1S/C18H29N3O2/c1-4-20-12-6-10-18(3,14-20)17(23)19-11-7-13-21-15(2)8-5-9-16(21)22/h5,8-9H,4,6-7,10-14H2,1-3H3,(H,19,23)/t18-/m1/s1. The number of nitrogens with zero attached hydrogens (tertiary/aromatic N) is 2. The number of rotatable bonds is 6. The van der Waals surface area contributed by atoms with Gasteiger partial charge in [0, 0.05) is 31.4 Å². The molecule has 128 valence electrons. The van der Waals surface area contributed by atoms with Crippen molar-refractivity contribution in [3.63, 3.8) is 0 Å². The highest BCUT2D eigenvalue weighted by Crippen LogP contribution is 2.29. The first-order valence-electron chi connectivity index (χ1n) is 8.63. The van der Waals surface area contributed by atoms with Crippen LogP contribution in [0.1, 0.15) is 38.8 Å². The molecule has 1 N–H and O–H groups in total. The molecule has 1 saturated heterocycles. The fourth-order valence-electron chi connectivity index (χ4n) is 3.36. The van der Waals surface area contributed by atoms with Gasteiger partial charge < -0.3 is 14.8 Å². The molecule has 0 unspecified atom stereocenters. The summed E-state index contributed by atoms with van der Waals surface area (Å²) >= 11 is 0. The SMILES string of the molecule is CCN1CCC[C@@](C)(C(=O)NCCCn2c(C)cccc2=O)C1. The Labute approximate surface area is 138 Å². The van der Waals surface area contributed by atoms with Crippen molar-refractivity contribution < 1.29 is 4.79 Å². The van der Waals surface area contributed by atoms with Gasteiger partial charge in [0.1, 0.15) is 0 Å². The van der Waals surface area contributed by atoms with Crippen LogP contribution in [-0.4, -0.2) is 41.6 Å². The maximum absolute atomic E-state index is 12.5. The molecule has 2 rings (SSSR count). The number of likely N-dealkylation sites (tertiary alicyclic amines) is 1. The number of carbonyl (C=O) groups is 1. The van der Waals surface area contributed by atoms with Crippen molar-refractivity contribution in [2.75, 3.05) is 26.2 Å². The molecule has 0 aliphatic carbocycles. The highest BCUT2D eigenvalue weighted by Gasteiger charge is 2.36. The van der Waals surface area contributed by atoms with Crippen molar-refractivity contribution in [1.29, 1.82) is 0 Å². The number of aromatic nitrogens is 1. The quantitative estimate of drug-likeness (QED) is 0.813. The average Bonchev–Trinajstić information content (AvgIpc) is 2.53. The molecule has 1 fully saturated rings. The number of aryl methyl sites for hydroxylation is 1. The lowest BCUT2D eigenvalue weighted by Crippen LogP contribution is -2.50. The Morgan fingerprint density at radius 2 is 2.17 bits per heavy atom. The third-order valence-corrected chi connectivity index (χ3v) is 4.88. The monoisotopic (exact) mass is 319 g/mol. The minimum absolute atomic E-state index is 0.0224. The summed E-state index contributed by atoms with van der Waals surface area (Å²) in [7, 11) is 0. The fraction of sp³-hybridized carbons (Fsp3) is 0.667. The molecule has 1 aliphatic heterocycles. The van der Waals surface area contributed by atoms with Gasteiger partial charge in [-0.3, -0.25) is 9.59 Å². The van der Waals surface area contributed by atoms with Gasteiger partial charge in [-0.15, -0.1) is 0 Å². The van der Waals surface area contributed by atoms with E-state index in [2.05, 4.69) is 24.1 Å². The minimum Gasteiger partial charge on any atom is -0.356 e. The molecule has 5 heteroatoms. The van der Waals surface area contributed by atoms with Crippen LogP contribution in [0.3, 0.4) is 0 Å². The van der Waals surface area contributed by atoms with Gasteiger partial charge in [0.25, 0.3) is 5.56 Å². The number of nitrogens with one attached hydrogen (secondary N) is 1. The molecule has 1 aliphatic rings. The third-order valence-electron chi connectivity index (χ3n) is 4.88. The number of piperidine rings is 1. The van der Waals surface area contributed by atoms with E-state index in [4.69, 9.17) is 0 Å². The van der Waals surface area contributed by atoms with E-state index in [-0.39, 0.29) is 16.9 Å². The highest BCUT2D eigenvalue weighted by molar-refractivity contribution is 5.82. The van der Waals surface area contributed by atoms with E-state index in [1.54, 1.807) is 16.7 Å². The molecule has 0 saturated carbocycles. The van der Waals surface area contributed by atoms with E-state index in [0.717, 1.165) is 44.6 Å². The van der Waals surface area contributed by atoms with Crippen LogP contribution >= 0.6 is 0 Å². The van der Waals surface area contributed by atoms with Crippen molar-refractivity contribution in [2.24, 2.45) is 5.41 Å². The summed E-state index contributed by atoms with van der Waals surface area (Å²) < 4.78 is 1.76. The fourth-order valence-corrected chi connectivity index (χ4v) is 3.36. The number of amides is 1. The van der Waals surface area contributed by atoms with Crippen LogP contribution in [0.5, 0.6) is 0 Å². The molecule has 1 aromatic heterocycles. The number of hydrogen-bond acceptors (Lipinski definition) is 3. The normalized spacial score (nSPS) is 22.0. The average molecular weight is 319 g/mol. The molecule has 5 nitrogen and oxygen atoms in total. The van der Waals surface area contributed by atoms with Gasteiger partial charge in [-0.25, -0.2) is 0 Å². The number of carbonyl (C=O) groups excluding carboxylic acids is 1. The van der Waals surface area contributed by atoms with Crippen LogP contribution in [-0.2, 0) is 11.3 Å². The number of pyridine rings is 1. The Kier molecular flexibility index (Phi) is 5.99. The Balaban J connectivity index is 1.82. The molecular formula is C18H29N3O2. The molecule has 1 atom stereocenters. The molecule has 1 amide bonds. The predicted molar refractivity (Wildman–Crippen MR) is 92.5 cm³/mol. The highest BCUT2D eigenvalue weighted by atomic mass is 16.2. The van der Waals surface area contributed by atoms with Gasteiger partial charge >= 0.3 is 0 Å². The van der Waals surface area contributed by atoms with E-state index in [1.807, 2.05) is 13.0 Å². The Hall–Kier alpha value is -1.62. The largest absolute Gasteiger partial charge is 0.356 e. The van der Waals surface area contributed by atoms with Crippen molar-refractivity contribution >= 4 is 5.91 Å². The molecule has 0 bridgehead atoms. The Morgan fingerprint density at radius 1 is 1.39 bits per heavy atom. The van der Waals surface area contributed by atoms with Gasteiger partial charge in [0.15, 0.2) is 0 Å². The smallest absolute Gasteiger partial charge is 0.250 e. The topological polar surface area (TPSA) is 54.3 Å². The van der Waals surface area contributed by atoms with Crippen LogP contribution in [0.4, 0.5) is 0 Å². The number of hydrogen-bond donors (Lipinski definition) is 1. The van der Waals surface area contributed by atoms with Gasteiger partial charge in [0.2, 0.25) is 5.91 Å². The molecule has 23 heavy (non-hydrogen) atoms. The Morgan fingerprint density at radius 3 is 2.87 bits per heavy atom.